The summed E-state index contributed by atoms with van der Waals surface area (Å²) in [5.41, 5.74) is -0.139. The summed E-state index contributed by atoms with van der Waals surface area (Å²) in [6, 6.07) is 2.79. The Morgan fingerprint density at radius 3 is 2.50 bits per heavy atom. The number of hydrogen-bond acceptors (Lipinski definition) is 1. The average molecular weight is 199 g/mol. The van der Waals surface area contributed by atoms with Crippen molar-refractivity contribution in [3.63, 3.8) is 0 Å². The van der Waals surface area contributed by atoms with Gasteiger partial charge in [0.05, 0.1) is 5.56 Å². The van der Waals surface area contributed by atoms with Gasteiger partial charge in [-0.3, -0.25) is 4.79 Å². The highest BCUT2D eigenvalue weighted by atomic mass is 19.1. The lowest BCUT2D eigenvalue weighted by Gasteiger charge is -2.08. The summed E-state index contributed by atoms with van der Waals surface area (Å²) in [6.45, 7) is 3.53. The summed E-state index contributed by atoms with van der Waals surface area (Å²) in [5, 5.41) is 2.52. The summed E-state index contributed by atoms with van der Waals surface area (Å²) in [4.78, 5) is 11.3. The molecule has 0 radical (unpaired) electrons. The molecule has 0 aliphatic carbocycles. The second-order valence-corrected chi connectivity index (χ2v) is 3.25. The van der Waals surface area contributed by atoms with Crippen LogP contribution in [0.1, 0.15) is 24.2 Å². The van der Waals surface area contributed by atoms with Gasteiger partial charge in [-0.2, -0.15) is 0 Å². The summed E-state index contributed by atoms with van der Waals surface area (Å²) in [7, 11) is 0. The van der Waals surface area contributed by atoms with Crippen LogP contribution < -0.4 is 5.32 Å². The highest BCUT2D eigenvalue weighted by Gasteiger charge is 2.12. The van der Waals surface area contributed by atoms with E-state index in [1.807, 2.05) is 0 Å². The van der Waals surface area contributed by atoms with E-state index >= 15 is 0 Å². The van der Waals surface area contributed by atoms with Crippen LogP contribution in [0.15, 0.2) is 18.2 Å². The Morgan fingerprint density at radius 1 is 1.36 bits per heavy atom. The highest BCUT2D eigenvalue weighted by Crippen LogP contribution is 2.09. The number of hydrogen-bond donors (Lipinski definition) is 1. The lowest BCUT2D eigenvalue weighted by atomic mass is 10.2. The van der Waals surface area contributed by atoms with Gasteiger partial charge in [0.15, 0.2) is 0 Å². The maximum absolute atomic E-state index is 13.1. The zero-order chi connectivity index (χ0) is 10.7. The predicted octanol–water partition coefficient (Wildman–Crippen LogP) is 2.10. The lowest BCUT2D eigenvalue weighted by molar-refractivity contribution is 0.0939. The van der Waals surface area contributed by atoms with E-state index < -0.39 is 17.5 Å². The smallest absolute Gasteiger partial charge is 0.254 e. The number of carbonyl (C=O) groups is 1. The van der Waals surface area contributed by atoms with E-state index in [0.29, 0.717) is 6.07 Å². The normalized spacial score (nSPS) is 10.4. The van der Waals surface area contributed by atoms with Gasteiger partial charge in [0.25, 0.3) is 5.91 Å². The summed E-state index contributed by atoms with van der Waals surface area (Å²) in [5.74, 6) is -2.07. The molecule has 76 valence electrons. The van der Waals surface area contributed by atoms with Gasteiger partial charge < -0.3 is 5.32 Å². The molecule has 1 aromatic carbocycles. The number of nitrogens with one attached hydrogen (secondary N) is 1. The van der Waals surface area contributed by atoms with Crippen LogP contribution in [-0.2, 0) is 0 Å². The van der Waals surface area contributed by atoms with Gasteiger partial charge in [0.2, 0.25) is 0 Å². The van der Waals surface area contributed by atoms with E-state index in [2.05, 4.69) is 5.32 Å². The number of amides is 1. The molecule has 0 heterocycles. The van der Waals surface area contributed by atoms with Crippen LogP contribution in [0.5, 0.6) is 0 Å². The molecule has 0 bridgehead atoms. The van der Waals surface area contributed by atoms with E-state index in [-0.39, 0.29) is 11.6 Å². The molecule has 1 amide bonds. The molecule has 0 spiro atoms. The van der Waals surface area contributed by atoms with Crippen LogP contribution in [0.3, 0.4) is 0 Å². The van der Waals surface area contributed by atoms with E-state index in [1.165, 1.54) is 0 Å². The van der Waals surface area contributed by atoms with Crippen molar-refractivity contribution >= 4 is 5.91 Å². The van der Waals surface area contributed by atoms with Crippen LogP contribution in [0.4, 0.5) is 8.78 Å². The Kier molecular flexibility index (Phi) is 3.17. The molecule has 0 aliphatic heterocycles. The van der Waals surface area contributed by atoms with Crippen LogP contribution in [0, 0.1) is 11.6 Å². The Morgan fingerprint density at radius 2 is 2.00 bits per heavy atom. The van der Waals surface area contributed by atoms with Gasteiger partial charge >= 0.3 is 0 Å². The first-order valence-corrected chi connectivity index (χ1v) is 4.26. The molecule has 1 aromatic rings. The SMILES string of the molecule is CC(C)NC(=O)c1ccc(F)cc1F. The molecule has 0 atom stereocenters. The van der Waals surface area contributed by atoms with Crippen molar-refractivity contribution in [3.05, 3.63) is 35.4 Å². The van der Waals surface area contributed by atoms with Gasteiger partial charge in [0, 0.05) is 12.1 Å². The van der Waals surface area contributed by atoms with Gasteiger partial charge in [-0.25, -0.2) is 8.78 Å². The Bertz CT molecular complexity index is 350. The fraction of sp³-hybridized carbons (Fsp3) is 0.300. The first kappa shape index (κ1) is 10.6. The lowest BCUT2D eigenvalue weighted by Crippen LogP contribution is -2.30. The minimum atomic E-state index is -0.844. The van der Waals surface area contributed by atoms with Crippen molar-refractivity contribution in [1.29, 1.82) is 0 Å². The third-order valence-corrected chi connectivity index (χ3v) is 1.60. The van der Waals surface area contributed by atoms with E-state index in [9.17, 15) is 13.6 Å². The van der Waals surface area contributed by atoms with Crippen LogP contribution in [-0.4, -0.2) is 11.9 Å². The molecule has 14 heavy (non-hydrogen) atoms. The molecule has 0 aliphatic rings. The molecule has 0 unspecified atom stereocenters. The van der Waals surface area contributed by atoms with Gasteiger partial charge in [-0.1, -0.05) is 0 Å². The fourth-order valence-corrected chi connectivity index (χ4v) is 1.01. The minimum Gasteiger partial charge on any atom is -0.350 e. The van der Waals surface area contributed by atoms with Crippen molar-refractivity contribution in [2.75, 3.05) is 0 Å². The summed E-state index contributed by atoms with van der Waals surface area (Å²) >= 11 is 0. The first-order chi connectivity index (χ1) is 6.50. The Labute approximate surface area is 80.9 Å². The third-order valence-electron chi connectivity index (χ3n) is 1.60. The number of halogens is 2. The van der Waals surface area contributed by atoms with Gasteiger partial charge in [-0.15, -0.1) is 0 Å². The van der Waals surface area contributed by atoms with E-state index in [4.69, 9.17) is 0 Å². The van der Waals surface area contributed by atoms with E-state index in [0.717, 1.165) is 12.1 Å². The zero-order valence-electron chi connectivity index (χ0n) is 7.97. The molecule has 1 N–H and O–H groups in total. The van der Waals surface area contributed by atoms with Crippen LogP contribution in [0.2, 0.25) is 0 Å². The predicted molar refractivity (Wildman–Crippen MR) is 49.0 cm³/mol. The summed E-state index contributed by atoms with van der Waals surface area (Å²) in [6.07, 6.45) is 0. The monoisotopic (exact) mass is 199 g/mol. The Hall–Kier alpha value is -1.45. The van der Waals surface area contributed by atoms with Crippen molar-refractivity contribution in [3.8, 4) is 0 Å². The van der Waals surface area contributed by atoms with Crippen molar-refractivity contribution in [2.24, 2.45) is 0 Å². The second kappa shape index (κ2) is 4.17. The second-order valence-electron chi connectivity index (χ2n) is 3.25. The highest BCUT2D eigenvalue weighted by molar-refractivity contribution is 5.94. The molecule has 0 aromatic heterocycles. The molecular weight excluding hydrogens is 188 g/mol. The molecule has 0 fully saturated rings. The molecular formula is C10H11F2NO. The van der Waals surface area contributed by atoms with E-state index in [1.54, 1.807) is 13.8 Å². The molecule has 1 rings (SSSR count). The molecule has 2 nitrogen and oxygen atoms in total. The van der Waals surface area contributed by atoms with Gasteiger partial charge in [-0.05, 0) is 26.0 Å². The third kappa shape index (κ3) is 2.52. The minimum absolute atomic E-state index is 0.0769. The van der Waals surface area contributed by atoms with Crippen molar-refractivity contribution in [2.45, 2.75) is 19.9 Å². The standard InChI is InChI=1S/C10H11F2NO/c1-6(2)13-10(14)8-4-3-7(11)5-9(8)12/h3-6H,1-2H3,(H,13,14). The van der Waals surface area contributed by atoms with Gasteiger partial charge in [0.1, 0.15) is 11.6 Å². The topological polar surface area (TPSA) is 29.1 Å². The first-order valence-electron chi connectivity index (χ1n) is 4.26. The maximum Gasteiger partial charge on any atom is 0.254 e. The van der Waals surface area contributed by atoms with Crippen LogP contribution >= 0.6 is 0 Å². The quantitative estimate of drug-likeness (QED) is 0.776. The number of rotatable bonds is 2. The number of benzene rings is 1. The molecule has 0 saturated carbocycles. The number of carbonyl (C=O) groups excluding carboxylic acids is 1. The van der Waals surface area contributed by atoms with Crippen molar-refractivity contribution in [1.82, 2.24) is 5.32 Å². The van der Waals surface area contributed by atoms with Crippen molar-refractivity contribution < 1.29 is 13.6 Å². The molecule has 0 saturated heterocycles. The summed E-state index contributed by atoms with van der Waals surface area (Å²) < 4.78 is 25.6. The molecule has 4 heteroatoms. The fourth-order valence-electron chi connectivity index (χ4n) is 1.01. The zero-order valence-corrected chi connectivity index (χ0v) is 7.97. The average Bonchev–Trinajstić information content (AvgIpc) is 2.01. The maximum atomic E-state index is 13.1. The van der Waals surface area contributed by atoms with Crippen LogP contribution in [0.25, 0.3) is 0 Å². The Balaban J connectivity index is 2.90. The largest absolute Gasteiger partial charge is 0.350 e.